The lowest BCUT2D eigenvalue weighted by Crippen LogP contribution is -2.20. The van der Waals surface area contributed by atoms with Gasteiger partial charge >= 0.3 is 6.18 Å². The first-order valence-corrected chi connectivity index (χ1v) is 8.88. The minimum atomic E-state index is -4.35. The van der Waals surface area contributed by atoms with Crippen molar-refractivity contribution in [3.8, 4) is 5.88 Å². The molecule has 0 saturated heterocycles. The Balaban J connectivity index is 1.50. The van der Waals surface area contributed by atoms with Crippen molar-refractivity contribution in [2.75, 3.05) is 0 Å². The number of nitrogens with one attached hydrogen (secondary N) is 1. The van der Waals surface area contributed by atoms with Crippen molar-refractivity contribution in [3.05, 3.63) is 65.1 Å². The van der Waals surface area contributed by atoms with Gasteiger partial charge in [0.2, 0.25) is 5.88 Å². The van der Waals surface area contributed by atoms with Crippen molar-refractivity contribution in [2.24, 2.45) is 5.16 Å². The van der Waals surface area contributed by atoms with Crippen LogP contribution in [0.15, 0.2) is 47.8 Å². The van der Waals surface area contributed by atoms with E-state index in [0.29, 0.717) is 23.8 Å². The largest absolute Gasteiger partial charge is 0.469 e. The Bertz CT molecular complexity index is 944. The third kappa shape index (κ3) is 5.37. The topological polar surface area (TPSA) is 77.3 Å². The first-order valence-electron chi connectivity index (χ1n) is 8.88. The lowest BCUT2D eigenvalue weighted by Gasteiger charge is -2.14. The molecular formula is C19H20F3N5O2. The lowest BCUT2D eigenvalue weighted by molar-refractivity contribution is -0.137. The fourth-order valence-corrected chi connectivity index (χ4v) is 2.42. The minimum absolute atomic E-state index is 0.0637. The van der Waals surface area contributed by atoms with Gasteiger partial charge < -0.3 is 9.57 Å². The number of aromatic nitrogens is 4. The number of ether oxygens (including phenoxy) is 1. The fraction of sp³-hybridized carbons (Fsp3) is 0.316. The second-order valence-corrected chi connectivity index (χ2v) is 6.19. The number of pyridine rings is 1. The predicted molar refractivity (Wildman–Crippen MR) is 99.3 cm³/mol. The highest BCUT2D eigenvalue weighted by atomic mass is 19.4. The first kappa shape index (κ1) is 20.4. The van der Waals surface area contributed by atoms with Crippen LogP contribution < -0.4 is 4.74 Å². The number of hydrogen-bond donors (Lipinski definition) is 1. The van der Waals surface area contributed by atoms with Gasteiger partial charge in [-0.1, -0.05) is 17.3 Å². The van der Waals surface area contributed by atoms with E-state index in [1.165, 1.54) is 12.1 Å². The molecule has 0 spiro atoms. The molecule has 7 nitrogen and oxygen atoms in total. The number of aryl methyl sites for hydroxylation is 1. The van der Waals surface area contributed by atoms with Crippen LogP contribution in [0.4, 0.5) is 13.2 Å². The summed E-state index contributed by atoms with van der Waals surface area (Å²) in [6.07, 6.45) is -2.75. The van der Waals surface area contributed by atoms with Crippen LogP contribution in [0, 0.1) is 0 Å². The van der Waals surface area contributed by atoms with Gasteiger partial charge in [0.25, 0.3) is 0 Å². The summed E-state index contributed by atoms with van der Waals surface area (Å²) >= 11 is 0. The van der Waals surface area contributed by atoms with E-state index in [-0.39, 0.29) is 6.61 Å². The Morgan fingerprint density at radius 3 is 2.45 bits per heavy atom. The number of benzene rings is 1. The number of halogens is 3. The van der Waals surface area contributed by atoms with Crippen LogP contribution in [0.5, 0.6) is 5.88 Å². The predicted octanol–water partition coefficient (Wildman–Crippen LogP) is 4.16. The maximum Gasteiger partial charge on any atom is 0.416 e. The molecule has 154 valence electrons. The fourth-order valence-electron chi connectivity index (χ4n) is 2.42. The molecule has 0 fully saturated rings. The minimum Gasteiger partial charge on any atom is -0.469 e. The van der Waals surface area contributed by atoms with E-state index >= 15 is 0 Å². The molecule has 3 aromatic rings. The van der Waals surface area contributed by atoms with Gasteiger partial charge in [0.1, 0.15) is 6.61 Å². The third-order valence-corrected chi connectivity index (χ3v) is 4.14. The smallest absolute Gasteiger partial charge is 0.416 e. The lowest BCUT2D eigenvalue weighted by atomic mass is 10.1. The molecule has 2 heterocycles. The molecule has 2 aromatic heterocycles. The van der Waals surface area contributed by atoms with E-state index in [1.807, 2.05) is 11.6 Å². The maximum absolute atomic E-state index is 12.6. The van der Waals surface area contributed by atoms with Crippen LogP contribution in [0.1, 0.15) is 36.4 Å². The average molecular weight is 407 g/mol. The molecule has 0 bridgehead atoms. The van der Waals surface area contributed by atoms with Gasteiger partial charge in [-0.3, -0.25) is 4.68 Å². The molecule has 0 saturated carbocycles. The summed E-state index contributed by atoms with van der Waals surface area (Å²) in [6.45, 7) is 4.91. The Labute approximate surface area is 165 Å². The summed E-state index contributed by atoms with van der Waals surface area (Å²) in [4.78, 5) is 9.46. The Hall–Kier alpha value is -3.30. The quantitative estimate of drug-likeness (QED) is 0.449. The Kier molecular flexibility index (Phi) is 6.20. The van der Waals surface area contributed by atoms with Gasteiger partial charge in [-0.15, -0.1) is 5.10 Å². The van der Waals surface area contributed by atoms with E-state index in [0.717, 1.165) is 30.1 Å². The van der Waals surface area contributed by atoms with Gasteiger partial charge in [-0.05, 0) is 37.6 Å². The van der Waals surface area contributed by atoms with Crippen molar-refractivity contribution in [3.63, 3.8) is 0 Å². The highest BCUT2D eigenvalue weighted by molar-refractivity contribution is 5.98. The molecule has 0 aliphatic rings. The molecule has 0 aliphatic heterocycles. The van der Waals surface area contributed by atoms with Crippen molar-refractivity contribution in [2.45, 2.75) is 39.8 Å². The third-order valence-electron chi connectivity index (χ3n) is 4.14. The summed E-state index contributed by atoms with van der Waals surface area (Å²) in [5, 5.41) is 10.8. The van der Waals surface area contributed by atoms with Gasteiger partial charge in [-0.2, -0.15) is 13.2 Å². The van der Waals surface area contributed by atoms with Gasteiger partial charge in [0.15, 0.2) is 12.4 Å². The summed E-state index contributed by atoms with van der Waals surface area (Å²) in [7, 11) is 0. The molecule has 0 radical (unpaired) electrons. The van der Waals surface area contributed by atoms with Crippen molar-refractivity contribution in [1.82, 2.24) is 20.0 Å². The number of nitrogens with zero attached hydrogens (tertiary/aromatic N) is 4. The zero-order valence-corrected chi connectivity index (χ0v) is 15.9. The average Bonchev–Trinajstić information content (AvgIpc) is 2.68. The number of aromatic amines is 1. The number of alkyl halides is 3. The van der Waals surface area contributed by atoms with Crippen molar-refractivity contribution < 1.29 is 22.7 Å². The van der Waals surface area contributed by atoms with E-state index in [2.05, 4.69) is 20.5 Å². The normalized spacial score (nSPS) is 12.2. The molecule has 1 aromatic carbocycles. The van der Waals surface area contributed by atoms with E-state index in [1.54, 1.807) is 25.3 Å². The number of H-pyrrole nitrogens is 1. The summed E-state index contributed by atoms with van der Waals surface area (Å²) in [5.41, 5.74) is 1.21. The maximum atomic E-state index is 12.6. The summed E-state index contributed by atoms with van der Waals surface area (Å²) < 4.78 is 45.1. The molecular weight excluding hydrogens is 387 g/mol. The first-order chi connectivity index (χ1) is 13.9. The number of rotatable bonds is 8. The molecule has 29 heavy (non-hydrogen) atoms. The monoisotopic (exact) mass is 407 g/mol. The van der Waals surface area contributed by atoms with Crippen LogP contribution in [0.25, 0.3) is 0 Å². The molecule has 1 N–H and O–H groups in total. The van der Waals surface area contributed by atoms with E-state index in [4.69, 9.17) is 9.57 Å². The zero-order chi connectivity index (χ0) is 20.9. The Morgan fingerprint density at radius 1 is 1.14 bits per heavy atom. The van der Waals surface area contributed by atoms with Crippen molar-refractivity contribution in [1.29, 1.82) is 0 Å². The van der Waals surface area contributed by atoms with Crippen LogP contribution in [-0.2, 0) is 30.8 Å². The van der Waals surface area contributed by atoms with Crippen LogP contribution in [0.3, 0.4) is 0 Å². The highest BCUT2D eigenvalue weighted by Gasteiger charge is 2.29. The molecule has 0 aliphatic carbocycles. The standard InChI is InChI=1S/C19H20F3N5O2/c1-3-27-17(24-26-27)12-28-18-9-6-15(10-23-18)13(2)25-29-11-14-4-7-16(8-5-14)19(20,21)22/h4-10,26H,3,11-12H2,1-2H3. The van der Waals surface area contributed by atoms with Crippen molar-refractivity contribution >= 4 is 5.71 Å². The summed E-state index contributed by atoms with van der Waals surface area (Å²) in [6, 6.07) is 8.27. The van der Waals surface area contributed by atoms with E-state index < -0.39 is 11.7 Å². The Morgan fingerprint density at radius 2 is 1.90 bits per heavy atom. The second kappa shape index (κ2) is 8.80. The molecule has 0 amide bonds. The zero-order valence-electron chi connectivity index (χ0n) is 15.9. The molecule has 0 atom stereocenters. The van der Waals surface area contributed by atoms with Gasteiger partial charge in [0, 0.05) is 24.4 Å². The second-order valence-electron chi connectivity index (χ2n) is 6.19. The number of oxime groups is 1. The molecule has 10 heteroatoms. The SMILES string of the molecule is CCn1[nH]nc1COc1ccc(C(C)=NOCc2ccc(C(F)(F)F)cc2)cn1. The summed E-state index contributed by atoms with van der Waals surface area (Å²) in [5.74, 6) is 1.26. The molecule has 0 unspecified atom stereocenters. The van der Waals surface area contributed by atoms with Crippen LogP contribution >= 0.6 is 0 Å². The van der Waals surface area contributed by atoms with Gasteiger partial charge in [0.05, 0.1) is 11.3 Å². The van der Waals surface area contributed by atoms with E-state index in [9.17, 15) is 13.2 Å². The van der Waals surface area contributed by atoms with Gasteiger partial charge in [-0.25, -0.2) is 10.2 Å². The van der Waals surface area contributed by atoms with Crippen LogP contribution in [-0.4, -0.2) is 25.7 Å². The number of hydrogen-bond acceptors (Lipinski definition) is 5. The highest BCUT2D eigenvalue weighted by Crippen LogP contribution is 2.29. The molecule has 3 rings (SSSR count). The van der Waals surface area contributed by atoms with Crippen LogP contribution in [0.2, 0.25) is 0 Å².